The minimum Gasteiger partial charge on any atom is -0.351 e. The Morgan fingerprint density at radius 2 is 1.70 bits per heavy atom. The zero-order valence-corrected chi connectivity index (χ0v) is 15.8. The van der Waals surface area contributed by atoms with Gasteiger partial charge in [0.1, 0.15) is 0 Å². The van der Waals surface area contributed by atoms with Gasteiger partial charge in [0, 0.05) is 25.7 Å². The topological polar surface area (TPSA) is 61.4 Å². The summed E-state index contributed by atoms with van der Waals surface area (Å²) in [6.45, 7) is 0.291. The lowest BCUT2D eigenvalue weighted by Gasteiger charge is -2.22. The minimum absolute atomic E-state index is 0.143. The number of benzene rings is 2. The maximum absolute atomic E-state index is 12.3. The van der Waals surface area contributed by atoms with Crippen molar-refractivity contribution in [3.8, 4) is 0 Å². The van der Waals surface area contributed by atoms with Crippen molar-refractivity contribution in [3.05, 3.63) is 77.0 Å². The van der Waals surface area contributed by atoms with Crippen molar-refractivity contribution in [3.63, 3.8) is 0 Å². The summed E-state index contributed by atoms with van der Waals surface area (Å²) in [5, 5.41) is 7.55. The number of para-hydroxylation sites is 3. The first-order valence-electron chi connectivity index (χ1n) is 8.64. The summed E-state index contributed by atoms with van der Waals surface area (Å²) in [4.78, 5) is 26.9. The molecule has 0 spiro atoms. The maximum atomic E-state index is 12.3. The molecule has 27 heavy (non-hydrogen) atoms. The summed E-state index contributed by atoms with van der Waals surface area (Å²) in [7, 11) is 1.96. The molecule has 0 aliphatic rings. The molecule has 2 N–H and O–H groups in total. The average Bonchev–Trinajstić information content (AvgIpc) is 3.23. The number of amides is 2. The Bertz CT molecular complexity index is 895. The first-order chi connectivity index (χ1) is 13.1. The first kappa shape index (κ1) is 18.7. The van der Waals surface area contributed by atoms with Gasteiger partial charge >= 0.3 is 0 Å². The molecule has 2 aromatic carbocycles. The highest BCUT2D eigenvalue weighted by atomic mass is 32.1. The number of hydrogen-bond donors (Lipinski definition) is 2. The molecule has 2 amide bonds. The van der Waals surface area contributed by atoms with E-state index in [-0.39, 0.29) is 18.2 Å². The fraction of sp³-hybridized carbons (Fsp3) is 0.143. The molecule has 1 aromatic heterocycles. The lowest BCUT2D eigenvalue weighted by Crippen LogP contribution is -2.27. The van der Waals surface area contributed by atoms with E-state index in [1.807, 2.05) is 78.0 Å². The van der Waals surface area contributed by atoms with E-state index >= 15 is 0 Å². The largest absolute Gasteiger partial charge is 0.351 e. The molecule has 1 heterocycles. The van der Waals surface area contributed by atoms with Crippen LogP contribution in [0.15, 0.2) is 72.1 Å². The van der Waals surface area contributed by atoms with Gasteiger partial charge in [-0.1, -0.05) is 36.4 Å². The average molecular weight is 379 g/mol. The molecule has 6 heteroatoms. The predicted molar refractivity (Wildman–Crippen MR) is 111 cm³/mol. The van der Waals surface area contributed by atoms with E-state index in [1.54, 1.807) is 6.07 Å². The number of nitrogens with zero attached hydrogens (tertiary/aromatic N) is 1. The van der Waals surface area contributed by atoms with Crippen LogP contribution in [0.4, 0.5) is 17.1 Å². The van der Waals surface area contributed by atoms with Gasteiger partial charge in [-0.15, -0.1) is 11.3 Å². The number of rotatable bonds is 7. The summed E-state index contributed by atoms with van der Waals surface area (Å²) >= 11 is 1.38. The maximum Gasteiger partial charge on any atom is 0.261 e. The summed E-state index contributed by atoms with van der Waals surface area (Å²) in [5.74, 6) is -0.294. The van der Waals surface area contributed by atoms with Crippen LogP contribution in [0.3, 0.4) is 0 Å². The smallest absolute Gasteiger partial charge is 0.261 e. The molecule has 0 fully saturated rings. The lowest BCUT2D eigenvalue weighted by molar-refractivity contribution is -0.116. The molecule has 0 bridgehead atoms. The van der Waals surface area contributed by atoms with Crippen LogP contribution < -0.4 is 15.5 Å². The number of thiophene rings is 1. The molecule has 0 atom stereocenters. The highest BCUT2D eigenvalue weighted by molar-refractivity contribution is 7.12. The second-order valence-electron chi connectivity index (χ2n) is 5.94. The Kier molecular flexibility index (Phi) is 6.22. The van der Waals surface area contributed by atoms with Gasteiger partial charge in [-0.3, -0.25) is 9.59 Å². The van der Waals surface area contributed by atoms with Crippen molar-refractivity contribution in [1.29, 1.82) is 0 Å². The fourth-order valence-corrected chi connectivity index (χ4v) is 3.30. The zero-order valence-electron chi connectivity index (χ0n) is 15.0. The summed E-state index contributed by atoms with van der Waals surface area (Å²) < 4.78 is 0. The zero-order chi connectivity index (χ0) is 19.1. The van der Waals surface area contributed by atoms with Crippen LogP contribution in [0.2, 0.25) is 0 Å². The van der Waals surface area contributed by atoms with Crippen molar-refractivity contribution >= 4 is 40.2 Å². The van der Waals surface area contributed by atoms with Gasteiger partial charge in [0.05, 0.1) is 16.3 Å². The summed E-state index contributed by atoms with van der Waals surface area (Å²) in [6.07, 6.45) is 0.209. The van der Waals surface area contributed by atoms with Gasteiger partial charge in [0.15, 0.2) is 0 Å². The second kappa shape index (κ2) is 9.00. The number of anilines is 3. The molecular weight excluding hydrogens is 358 g/mol. The third-order valence-electron chi connectivity index (χ3n) is 4.07. The highest BCUT2D eigenvalue weighted by Gasteiger charge is 2.12. The van der Waals surface area contributed by atoms with Crippen molar-refractivity contribution in [2.24, 2.45) is 0 Å². The number of carbonyl (C=O) groups is 2. The van der Waals surface area contributed by atoms with Crippen molar-refractivity contribution in [2.45, 2.75) is 6.42 Å². The molecular formula is C21H21N3O2S. The highest BCUT2D eigenvalue weighted by Crippen LogP contribution is 2.30. The van der Waals surface area contributed by atoms with Gasteiger partial charge in [-0.05, 0) is 35.7 Å². The van der Waals surface area contributed by atoms with Crippen LogP contribution in [0.1, 0.15) is 16.1 Å². The van der Waals surface area contributed by atoms with Crippen molar-refractivity contribution < 1.29 is 9.59 Å². The molecule has 0 aliphatic carbocycles. The minimum atomic E-state index is -0.151. The molecule has 0 saturated heterocycles. The van der Waals surface area contributed by atoms with E-state index in [4.69, 9.17) is 0 Å². The van der Waals surface area contributed by atoms with E-state index in [1.165, 1.54) is 11.3 Å². The summed E-state index contributed by atoms with van der Waals surface area (Å²) in [6, 6.07) is 21.2. The Morgan fingerprint density at radius 1 is 0.963 bits per heavy atom. The molecule has 0 saturated carbocycles. The lowest BCUT2D eigenvalue weighted by atomic mass is 10.2. The van der Waals surface area contributed by atoms with E-state index in [2.05, 4.69) is 10.6 Å². The summed E-state index contributed by atoms with van der Waals surface area (Å²) in [5.41, 5.74) is 2.67. The van der Waals surface area contributed by atoms with Crippen molar-refractivity contribution in [1.82, 2.24) is 5.32 Å². The van der Waals surface area contributed by atoms with Gasteiger partial charge in [0.25, 0.3) is 5.91 Å². The predicted octanol–water partition coefficient (Wildman–Crippen LogP) is 4.27. The van der Waals surface area contributed by atoms with Crippen LogP contribution in [-0.2, 0) is 4.79 Å². The van der Waals surface area contributed by atoms with E-state index < -0.39 is 0 Å². The van der Waals surface area contributed by atoms with Crippen LogP contribution >= 0.6 is 11.3 Å². The normalized spacial score (nSPS) is 10.3. The van der Waals surface area contributed by atoms with Crippen molar-refractivity contribution in [2.75, 3.05) is 23.8 Å². The Labute approximate surface area is 162 Å². The van der Waals surface area contributed by atoms with E-state index in [0.29, 0.717) is 11.4 Å². The van der Waals surface area contributed by atoms with Gasteiger partial charge < -0.3 is 15.5 Å². The second-order valence-corrected chi connectivity index (χ2v) is 6.89. The van der Waals surface area contributed by atoms with Gasteiger partial charge in [0.2, 0.25) is 5.91 Å². The van der Waals surface area contributed by atoms with Crippen LogP contribution in [-0.4, -0.2) is 25.4 Å². The van der Waals surface area contributed by atoms with Crippen LogP contribution in [0.25, 0.3) is 0 Å². The van der Waals surface area contributed by atoms with Crippen LogP contribution in [0.5, 0.6) is 0 Å². The Morgan fingerprint density at radius 3 is 2.44 bits per heavy atom. The SMILES string of the molecule is CN(c1ccccc1)c1ccccc1NC(=O)CCNC(=O)c1cccs1. The molecule has 3 rings (SSSR count). The molecule has 3 aromatic rings. The van der Waals surface area contributed by atoms with E-state index in [9.17, 15) is 9.59 Å². The first-order valence-corrected chi connectivity index (χ1v) is 9.52. The van der Waals surface area contributed by atoms with Gasteiger partial charge in [-0.2, -0.15) is 0 Å². The monoisotopic (exact) mass is 379 g/mol. The standard InChI is InChI=1S/C21H21N3O2S/c1-24(16-8-3-2-4-9-16)18-11-6-5-10-17(18)23-20(25)13-14-22-21(26)19-12-7-15-27-19/h2-12,15H,13-14H2,1H3,(H,22,26)(H,23,25). The fourth-order valence-electron chi connectivity index (χ4n) is 2.66. The third kappa shape index (κ3) is 4.95. The molecule has 138 valence electrons. The Balaban J connectivity index is 1.59. The number of carbonyl (C=O) groups excluding carboxylic acids is 2. The number of nitrogens with one attached hydrogen (secondary N) is 2. The number of hydrogen-bond acceptors (Lipinski definition) is 4. The molecule has 0 unspecified atom stereocenters. The van der Waals surface area contributed by atoms with Crippen LogP contribution in [0, 0.1) is 0 Å². The molecule has 5 nitrogen and oxygen atoms in total. The Hall–Kier alpha value is -3.12. The third-order valence-corrected chi connectivity index (χ3v) is 4.93. The molecule has 0 radical (unpaired) electrons. The van der Waals surface area contributed by atoms with E-state index in [0.717, 1.165) is 17.1 Å². The van der Waals surface area contributed by atoms with Gasteiger partial charge in [-0.25, -0.2) is 0 Å². The quantitative estimate of drug-likeness (QED) is 0.644. The molecule has 0 aliphatic heterocycles.